The molecule has 1 aromatic carbocycles. The smallest absolute Gasteiger partial charge is 0.223 e. The first kappa shape index (κ1) is 15.4. The molecule has 0 aliphatic heterocycles. The first-order chi connectivity index (χ1) is 9.61. The number of rotatable bonds is 4. The molecule has 110 valence electrons. The highest BCUT2D eigenvalue weighted by Crippen LogP contribution is 2.29. The SMILES string of the molecule is COc1ccc([C@H](C)NC(=O)C2CCCCC2)cc1Br. The molecule has 1 fully saturated rings. The van der Waals surface area contributed by atoms with E-state index in [1.165, 1.54) is 19.3 Å². The Morgan fingerprint density at radius 2 is 2.05 bits per heavy atom. The normalized spacial score (nSPS) is 17.6. The van der Waals surface area contributed by atoms with Crippen LogP contribution in [0.4, 0.5) is 0 Å². The summed E-state index contributed by atoms with van der Waals surface area (Å²) in [5.74, 6) is 1.21. The summed E-state index contributed by atoms with van der Waals surface area (Å²) in [6, 6.07) is 5.94. The molecule has 1 amide bonds. The van der Waals surface area contributed by atoms with Crippen LogP contribution in [0.3, 0.4) is 0 Å². The highest BCUT2D eigenvalue weighted by molar-refractivity contribution is 9.10. The maximum absolute atomic E-state index is 12.2. The van der Waals surface area contributed by atoms with Gasteiger partial charge in [0.2, 0.25) is 5.91 Å². The number of carbonyl (C=O) groups is 1. The molecular formula is C16H22BrNO2. The predicted molar refractivity (Wildman–Crippen MR) is 83.8 cm³/mol. The van der Waals surface area contributed by atoms with Gasteiger partial charge >= 0.3 is 0 Å². The van der Waals surface area contributed by atoms with Crippen LogP contribution in [0.2, 0.25) is 0 Å². The third-order valence-electron chi connectivity index (χ3n) is 4.01. The van der Waals surface area contributed by atoms with Crippen LogP contribution in [0.25, 0.3) is 0 Å². The Hall–Kier alpha value is -1.03. The van der Waals surface area contributed by atoms with Crippen LogP contribution < -0.4 is 10.1 Å². The molecule has 0 heterocycles. The van der Waals surface area contributed by atoms with Gasteiger partial charge in [-0.3, -0.25) is 4.79 Å². The van der Waals surface area contributed by atoms with Crippen molar-refractivity contribution in [2.75, 3.05) is 7.11 Å². The number of amides is 1. The molecule has 1 N–H and O–H groups in total. The van der Waals surface area contributed by atoms with Gasteiger partial charge in [0, 0.05) is 5.92 Å². The van der Waals surface area contributed by atoms with E-state index < -0.39 is 0 Å². The molecule has 1 aliphatic rings. The van der Waals surface area contributed by atoms with E-state index in [2.05, 4.69) is 21.2 Å². The van der Waals surface area contributed by atoms with E-state index in [-0.39, 0.29) is 17.9 Å². The molecule has 1 atom stereocenters. The number of methoxy groups -OCH3 is 1. The standard InChI is InChI=1S/C16H22BrNO2/c1-11(13-8-9-15(20-2)14(17)10-13)18-16(19)12-6-4-3-5-7-12/h8-12H,3-7H2,1-2H3,(H,18,19)/t11-/m0/s1. The first-order valence-corrected chi connectivity index (χ1v) is 8.05. The molecule has 20 heavy (non-hydrogen) atoms. The van der Waals surface area contributed by atoms with Crippen LogP contribution in [0.5, 0.6) is 5.75 Å². The number of halogens is 1. The Balaban J connectivity index is 1.98. The van der Waals surface area contributed by atoms with Gasteiger partial charge in [0.15, 0.2) is 0 Å². The molecule has 0 saturated heterocycles. The third-order valence-corrected chi connectivity index (χ3v) is 4.63. The van der Waals surface area contributed by atoms with E-state index >= 15 is 0 Å². The van der Waals surface area contributed by atoms with Crippen LogP contribution in [0.15, 0.2) is 22.7 Å². The quantitative estimate of drug-likeness (QED) is 0.891. The first-order valence-electron chi connectivity index (χ1n) is 7.25. The van der Waals surface area contributed by atoms with E-state index in [0.717, 1.165) is 28.6 Å². The average molecular weight is 340 g/mol. The predicted octanol–water partition coefficient (Wildman–Crippen LogP) is 4.22. The summed E-state index contributed by atoms with van der Waals surface area (Å²) in [4.78, 5) is 12.2. The van der Waals surface area contributed by atoms with Gasteiger partial charge < -0.3 is 10.1 Å². The molecule has 2 rings (SSSR count). The van der Waals surface area contributed by atoms with Gasteiger partial charge in [0.1, 0.15) is 5.75 Å². The van der Waals surface area contributed by atoms with Gasteiger partial charge in [-0.25, -0.2) is 0 Å². The zero-order valence-corrected chi connectivity index (χ0v) is 13.7. The fourth-order valence-electron chi connectivity index (χ4n) is 2.73. The molecule has 3 nitrogen and oxygen atoms in total. The number of hydrogen-bond acceptors (Lipinski definition) is 2. The van der Waals surface area contributed by atoms with E-state index in [9.17, 15) is 4.79 Å². The van der Waals surface area contributed by atoms with Crippen LogP contribution in [0, 0.1) is 5.92 Å². The third kappa shape index (κ3) is 3.75. The fraction of sp³-hybridized carbons (Fsp3) is 0.562. The van der Waals surface area contributed by atoms with E-state index in [4.69, 9.17) is 4.74 Å². The minimum atomic E-state index is 0.0200. The highest BCUT2D eigenvalue weighted by Gasteiger charge is 2.22. The second-order valence-electron chi connectivity index (χ2n) is 5.46. The number of nitrogens with one attached hydrogen (secondary N) is 1. The topological polar surface area (TPSA) is 38.3 Å². The Morgan fingerprint density at radius 3 is 2.65 bits per heavy atom. The summed E-state index contributed by atoms with van der Waals surface area (Å²) in [5, 5.41) is 3.13. The lowest BCUT2D eigenvalue weighted by molar-refractivity contribution is -0.126. The van der Waals surface area contributed by atoms with Gasteiger partial charge in [-0.05, 0) is 53.4 Å². The largest absolute Gasteiger partial charge is 0.496 e. The number of carbonyl (C=O) groups excluding carboxylic acids is 1. The van der Waals surface area contributed by atoms with Crippen molar-refractivity contribution in [1.29, 1.82) is 0 Å². The van der Waals surface area contributed by atoms with Crippen LogP contribution >= 0.6 is 15.9 Å². The van der Waals surface area contributed by atoms with Crippen molar-refractivity contribution in [2.45, 2.75) is 45.1 Å². The minimum Gasteiger partial charge on any atom is -0.496 e. The zero-order valence-electron chi connectivity index (χ0n) is 12.1. The number of benzene rings is 1. The monoisotopic (exact) mass is 339 g/mol. The highest BCUT2D eigenvalue weighted by atomic mass is 79.9. The maximum atomic E-state index is 12.2. The van der Waals surface area contributed by atoms with Crippen molar-refractivity contribution in [1.82, 2.24) is 5.32 Å². The Labute approximate surface area is 129 Å². The summed E-state index contributed by atoms with van der Waals surface area (Å²) < 4.78 is 6.13. The lowest BCUT2D eigenvalue weighted by atomic mass is 9.88. The van der Waals surface area contributed by atoms with Gasteiger partial charge in [0.25, 0.3) is 0 Å². The van der Waals surface area contributed by atoms with Gasteiger partial charge in [0.05, 0.1) is 17.6 Å². The van der Waals surface area contributed by atoms with Gasteiger partial charge in [-0.15, -0.1) is 0 Å². The molecule has 1 aromatic rings. The molecular weight excluding hydrogens is 318 g/mol. The van der Waals surface area contributed by atoms with Gasteiger partial charge in [-0.1, -0.05) is 25.3 Å². The van der Waals surface area contributed by atoms with Gasteiger partial charge in [-0.2, -0.15) is 0 Å². The molecule has 0 unspecified atom stereocenters. The summed E-state index contributed by atoms with van der Waals surface area (Å²) in [5.41, 5.74) is 1.09. The van der Waals surface area contributed by atoms with E-state index in [1.807, 2.05) is 25.1 Å². The maximum Gasteiger partial charge on any atom is 0.223 e. The van der Waals surface area contributed by atoms with Crippen LogP contribution in [-0.4, -0.2) is 13.0 Å². The van der Waals surface area contributed by atoms with Crippen LogP contribution in [0.1, 0.15) is 50.6 Å². The Bertz CT molecular complexity index is 470. The van der Waals surface area contributed by atoms with E-state index in [1.54, 1.807) is 7.11 Å². The van der Waals surface area contributed by atoms with Crippen LogP contribution in [-0.2, 0) is 4.79 Å². The Kier molecular flexibility index (Phi) is 5.46. The fourth-order valence-corrected chi connectivity index (χ4v) is 3.29. The zero-order chi connectivity index (χ0) is 14.5. The van der Waals surface area contributed by atoms with Crippen molar-refractivity contribution < 1.29 is 9.53 Å². The Morgan fingerprint density at radius 1 is 1.35 bits per heavy atom. The van der Waals surface area contributed by atoms with Crippen molar-refractivity contribution in [3.8, 4) is 5.75 Å². The second kappa shape index (κ2) is 7.11. The summed E-state index contributed by atoms with van der Waals surface area (Å²) in [7, 11) is 1.65. The van der Waals surface area contributed by atoms with Crippen molar-refractivity contribution in [2.24, 2.45) is 5.92 Å². The molecule has 0 spiro atoms. The summed E-state index contributed by atoms with van der Waals surface area (Å²) in [6.45, 7) is 2.02. The van der Waals surface area contributed by atoms with Crippen molar-refractivity contribution in [3.63, 3.8) is 0 Å². The van der Waals surface area contributed by atoms with E-state index in [0.29, 0.717) is 0 Å². The lowest BCUT2D eigenvalue weighted by Crippen LogP contribution is -2.33. The molecule has 0 aromatic heterocycles. The number of ether oxygens (including phenoxy) is 1. The summed E-state index contributed by atoms with van der Waals surface area (Å²) >= 11 is 3.48. The minimum absolute atomic E-state index is 0.0200. The van der Waals surface area contributed by atoms with Crippen molar-refractivity contribution >= 4 is 21.8 Å². The molecule has 1 aliphatic carbocycles. The molecule has 4 heteroatoms. The lowest BCUT2D eigenvalue weighted by Gasteiger charge is -2.23. The summed E-state index contributed by atoms with van der Waals surface area (Å²) in [6.07, 6.45) is 5.70. The second-order valence-corrected chi connectivity index (χ2v) is 6.31. The average Bonchev–Trinajstić information content (AvgIpc) is 2.48. The molecule has 0 bridgehead atoms. The molecule has 0 radical (unpaired) electrons. The number of hydrogen-bond donors (Lipinski definition) is 1. The van der Waals surface area contributed by atoms with Crippen molar-refractivity contribution in [3.05, 3.63) is 28.2 Å². The molecule has 1 saturated carbocycles.